The molecule has 21 heavy (non-hydrogen) atoms. The lowest BCUT2D eigenvalue weighted by Crippen LogP contribution is -2.13. The van der Waals surface area contributed by atoms with Gasteiger partial charge in [-0.1, -0.05) is 27.7 Å². The molecule has 1 N–H and O–H groups in total. The van der Waals surface area contributed by atoms with E-state index in [2.05, 4.69) is 44.1 Å². The highest BCUT2D eigenvalue weighted by molar-refractivity contribution is 5.51. The minimum Gasteiger partial charge on any atom is -0.373 e. The van der Waals surface area contributed by atoms with E-state index < -0.39 is 0 Å². The predicted octanol–water partition coefficient (Wildman–Crippen LogP) is 3.26. The fraction of sp³-hybridized carbons (Fsp3) is 0.562. The second kappa shape index (κ2) is 6.24. The summed E-state index contributed by atoms with van der Waals surface area (Å²) in [7, 11) is 1.89. The van der Waals surface area contributed by atoms with Crippen molar-refractivity contribution in [3.05, 3.63) is 28.8 Å². The Hall–Kier alpha value is -1.91. The summed E-state index contributed by atoms with van der Waals surface area (Å²) in [6.07, 6.45) is 1.86. The Morgan fingerprint density at radius 2 is 1.90 bits per heavy atom. The van der Waals surface area contributed by atoms with Crippen LogP contribution in [-0.2, 0) is 12.8 Å². The molecule has 2 aromatic rings. The number of anilines is 1. The van der Waals surface area contributed by atoms with Crippen LogP contribution in [0.4, 0.5) is 5.82 Å². The highest BCUT2D eigenvalue weighted by Crippen LogP contribution is 2.23. The lowest BCUT2D eigenvalue weighted by molar-refractivity contribution is 0.719. The molecule has 0 atom stereocenters. The lowest BCUT2D eigenvalue weighted by atomic mass is 10.2. The first kappa shape index (κ1) is 15.5. The number of hydrogen-bond donors (Lipinski definition) is 1. The first-order valence-corrected chi connectivity index (χ1v) is 7.66. The molecular formula is C16H25N5. The maximum absolute atomic E-state index is 4.76. The molecule has 2 heterocycles. The molecular weight excluding hydrogens is 262 g/mol. The van der Waals surface area contributed by atoms with E-state index in [1.165, 1.54) is 5.69 Å². The summed E-state index contributed by atoms with van der Waals surface area (Å²) in [5.74, 6) is 2.88. The topological polar surface area (TPSA) is 55.6 Å². The van der Waals surface area contributed by atoms with Gasteiger partial charge >= 0.3 is 0 Å². The molecule has 0 saturated heterocycles. The fourth-order valence-corrected chi connectivity index (χ4v) is 2.31. The molecule has 2 rings (SSSR count). The van der Waals surface area contributed by atoms with Gasteiger partial charge in [0.2, 0.25) is 0 Å². The second-order valence-electron chi connectivity index (χ2n) is 5.53. The first-order valence-electron chi connectivity index (χ1n) is 7.66. The average molecular weight is 287 g/mol. The average Bonchev–Trinajstić information content (AvgIpc) is 2.90. The van der Waals surface area contributed by atoms with Gasteiger partial charge in [0, 0.05) is 24.2 Å². The Morgan fingerprint density at radius 3 is 2.43 bits per heavy atom. The highest BCUT2D eigenvalue weighted by Gasteiger charge is 2.17. The monoisotopic (exact) mass is 287 g/mol. The summed E-state index contributed by atoms with van der Waals surface area (Å²) < 4.78 is 1.97. The van der Waals surface area contributed by atoms with E-state index in [0.717, 1.165) is 41.6 Å². The van der Waals surface area contributed by atoms with E-state index in [1.807, 2.05) is 18.7 Å². The van der Waals surface area contributed by atoms with Crippen molar-refractivity contribution in [3.63, 3.8) is 0 Å². The van der Waals surface area contributed by atoms with Crippen LogP contribution in [0.3, 0.4) is 0 Å². The Labute approximate surface area is 126 Å². The molecule has 0 spiro atoms. The van der Waals surface area contributed by atoms with Crippen molar-refractivity contribution in [2.24, 2.45) is 0 Å². The maximum atomic E-state index is 4.76. The van der Waals surface area contributed by atoms with Crippen LogP contribution in [0.5, 0.6) is 0 Å². The van der Waals surface area contributed by atoms with Crippen LogP contribution in [0.25, 0.3) is 5.82 Å². The van der Waals surface area contributed by atoms with Crippen LogP contribution in [0.15, 0.2) is 6.07 Å². The number of hydrogen-bond acceptors (Lipinski definition) is 4. The van der Waals surface area contributed by atoms with Gasteiger partial charge in [0.05, 0.1) is 5.69 Å². The molecule has 114 valence electrons. The van der Waals surface area contributed by atoms with Crippen molar-refractivity contribution in [2.45, 2.75) is 53.4 Å². The van der Waals surface area contributed by atoms with E-state index in [-0.39, 0.29) is 5.92 Å². The van der Waals surface area contributed by atoms with Gasteiger partial charge in [0.1, 0.15) is 11.6 Å². The van der Waals surface area contributed by atoms with Crippen molar-refractivity contribution in [1.82, 2.24) is 19.7 Å². The van der Waals surface area contributed by atoms with Crippen LogP contribution < -0.4 is 5.32 Å². The molecule has 0 fully saturated rings. The van der Waals surface area contributed by atoms with E-state index in [4.69, 9.17) is 10.1 Å². The van der Waals surface area contributed by atoms with Crippen molar-refractivity contribution in [2.75, 3.05) is 12.4 Å². The molecule has 0 radical (unpaired) electrons. The van der Waals surface area contributed by atoms with Gasteiger partial charge in [0.25, 0.3) is 0 Å². The molecule has 0 aliphatic carbocycles. The van der Waals surface area contributed by atoms with E-state index >= 15 is 0 Å². The van der Waals surface area contributed by atoms with Crippen molar-refractivity contribution < 1.29 is 0 Å². The molecule has 0 bridgehead atoms. The van der Waals surface area contributed by atoms with Crippen LogP contribution in [-0.4, -0.2) is 26.8 Å². The van der Waals surface area contributed by atoms with E-state index in [0.29, 0.717) is 0 Å². The summed E-state index contributed by atoms with van der Waals surface area (Å²) in [5.41, 5.74) is 3.31. The maximum Gasteiger partial charge on any atom is 0.162 e. The van der Waals surface area contributed by atoms with Gasteiger partial charge in [0.15, 0.2) is 5.82 Å². The lowest BCUT2D eigenvalue weighted by Gasteiger charge is -2.15. The smallest absolute Gasteiger partial charge is 0.162 e. The van der Waals surface area contributed by atoms with Crippen molar-refractivity contribution in [3.8, 4) is 5.82 Å². The van der Waals surface area contributed by atoms with Crippen LogP contribution >= 0.6 is 0 Å². The third kappa shape index (κ3) is 2.91. The molecule has 0 unspecified atom stereocenters. The Bertz CT molecular complexity index is 628. The minimum atomic E-state index is 0.280. The Balaban J connectivity index is 2.67. The van der Waals surface area contributed by atoms with Gasteiger partial charge in [-0.2, -0.15) is 5.10 Å². The number of nitrogens with one attached hydrogen (secondary N) is 1. The highest BCUT2D eigenvalue weighted by atomic mass is 15.3. The van der Waals surface area contributed by atoms with Gasteiger partial charge < -0.3 is 5.32 Å². The summed E-state index contributed by atoms with van der Waals surface area (Å²) in [6, 6.07) is 2.16. The van der Waals surface area contributed by atoms with E-state index in [9.17, 15) is 0 Å². The zero-order valence-electron chi connectivity index (χ0n) is 13.9. The summed E-state index contributed by atoms with van der Waals surface area (Å²) >= 11 is 0. The van der Waals surface area contributed by atoms with Crippen LogP contribution in [0, 0.1) is 6.92 Å². The zero-order chi connectivity index (χ0) is 15.6. The molecule has 0 aliphatic rings. The van der Waals surface area contributed by atoms with Gasteiger partial charge in [-0.15, -0.1) is 0 Å². The Kier molecular flexibility index (Phi) is 4.60. The minimum absolute atomic E-state index is 0.280. The molecule has 0 saturated carbocycles. The fourth-order valence-electron chi connectivity index (χ4n) is 2.31. The zero-order valence-corrected chi connectivity index (χ0v) is 13.9. The van der Waals surface area contributed by atoms with Crippen molar-refractivity contribution >= 4 is 5.82 Å². The largest absolute Gasteiger partial charge is 0.373 e. The standard InChI is InChI=1S/C16H25N5/c1-7-12-9-13(8-2)21(20-12)16-11(5)15(17-6)18-14(19-16)10(3)4/h9-10H,7-8H2,1-6H3,(H,17,18,19). The number of rotatable bonds is 5. The SMILES string of the molecule is CCc1cc(CC)n(-c2nc(C(C)C)nc(NC)c2C)n1. The van der Waals surface area contributed by atoms with Crippen molar-refractivity contribution in [1.29, 1.82) is 0 Å². The van der Waals surface area contributed by atoms with Crippen LogP contribution in [0.1, 0.15) is 56.4 Å². The predicted molar refractivity (Wildman–Crippen MR) is 86.3 cm³/mol. The molecule has 0 aromatic carbocycles. The molecule has 5 heteroatoms. The third-order valence-electron chi connectivity index (χ3n) is 3.65. The summed E-state index contributed by atoms with van der Waals surface area (Å²) in [4.78, 5) is 9.35. The second-order valence-corrected chi connectivity index (χ2v) is 5.53. The molecule has 5 nitrogen and oxygen atoms in total. The van der Waals surface area contributed by atoms with Gasteiger partial charge in [-0.05, 0) is 25.8 Å². The van der Waals surface area contributed by atoms with Crippen LogP contribution in [0.2, 0.25) is 0 Å². The molecule has 0 amide bonds. The normalized spacial score (nSPS) is 11.2. The third-order valence-corrected chi connectivity index (χ3v) is 3.65. The van der Waals surface area contributed by atoms with Gasteiger partial charge in [-0.3, -0.25) is 0 Å². The summed E-state index contributed by atoms with van der Waals surface area (Å²) in [5, 5.41) is 7.87. The number of aryl methyl sites for hydroxylation is 2. The molecule has 0 aliphatic heterocycles. The Morgan fingerprint density at radius 1 is 1.19 bits per heavy atom. The van der Waals surface area contributed by atoms with Gasteiger partial charge in [-0.25, -0.2) is 14.6 Å². The quantitative estimate of drug-likeness (QED) is 0.917. The van der Waals surface area contributed by atoms with E-state index in [1.54, 1.807) is 0 Å². The first-order chi connectivity index (χ1) is 10.0. The summed E-state index contributed by atoms with van der Waals surface area (Å²) in [6.45, 7) is 10.5. The number of nitrogens with zero attached hydrogens (tertiary/aromatic N) is 4. The number of aromatic nitrogens is 4. The molecule has 2 aromatic heterocycles.